The molecule has 0 spiro atoms. The molecule has 0 aliphatic carbocycles. The van der Waals surface area contributed by atoms with Crippen LogP contribution in [0.5, 0.6) is 0 Å². The van der Waals surface area contributed by atoms with Crippen LogP contribution in [0.1, 0.15) is 17.0 Å². The van der Waals surface area contributed by atoms with E-state index in [1.807, 2.05) is 42.5 Å². The Labute approximate surface area is 189 Å². The fourth-order valence-electron chi connectivity index (χ4n) is 3.03. The van der Waals surface area contributed by atoms with E-state index in [0.29, 0.717) is 23.8 Å². The molecule has 166 valence electrons. The molecule has 2 amide bonds. The van der Waals surface area contributed by atoms with Crippen LogP contribution in [0.25, 0.3) is 11.4 Å². The van der Waals surface area contributed by atoms with Crippen LogP contribution in [0.4, 0.5) is 10.5 Å². The smallest absolute Gasteiger partial charge is 0.407 e. The molecular weight excluding hydrogens is 422 g/mol. The fourth-order valence-corrected chi connectivity index (χ4v) is 3.03. The van der Waals surface area contributed by atoms with Gasteiger partial charge in [0, 0.05) is 23.6 Å². The molecule has 4 rings (SSSR count). The largest absolute Gasteiger partial charge is 0.445 e. The zero-order valence-electron chi connectivity index (χ0n) is 17.6. The summed E-state index contributed by atoms with van der Waals surface area (Å²) in [7, 11) is 0. The van der Waals surface area contributed by atoms with E-state index in [1.54, 1.807) is 36.7 Å². The highest BCUT2D eigenvalue weighted by Crippen LogP contribution is 2.20. The second kappa shape index (κ2) is 10.7. The number of ether oxygens (including phenoxy) is 1. The van der Waals surface area contributed by atoms with Crippen molar-refractivity contribution in [3.05, 3.63) is 96.1 Å². The van der Waals surface area contributed by atoms with Gasteiger partial charge in [0.15, 0.2) is 0 Å². The van der Waals surface area contributed by atoms with Crippen LogP contribution in [0.2, 0.25) is 0 Å². The topological polar surface area (TPSA) is 119 Å². The summed E-state index contributed by atoms with van der Waals surface area (Å²) < 4.78 is 10.5. The van der Waals surface area contributed by atoms with Gasteiger partial charge in [-0.25, -0.2) is 4.79 Å². The summed E-state index contributed by atoms with van der Waals surface area (Å²) in [5.41, 5.74) is 3.04. The van der Waals surface area contributed by atoms with Crippen molar-refractivity contribution in [1.82, 2.24) is 20.4 Å². The molecule has 33 heavy (non-hydrogen) atoms. The number of amides is 2. The lowest BCUT2D eigenvalue weighted by atomic mass is 10.1. The van der Waals surface area contributed by atoms with Crippen molar-refractivity contribution in [3.63, 3.8) is 0 Å². The molecule has 0 unspecified atom stereocenters. The Kier molecular flexibility index (Phi) is 7.01. The number of pyridine rings is 1. The monoisotopic (exact) mass is 443 g/mol. The fraction of sp³-hybridized carbons (Fsp3) is 0.125. The Hall–Kier alpha value is -4.53. The van der Waals surface area contributed by atoms with Gasteiger partial charge in [-0.05, 0) is 29.3 Å². The van der Waals surface area contributed by atoms with Gasteiger partial charge >= 0.3 is 6.09 Å². The maximum Gasteiger partial charge on any atom is 0.407 e. The van der Waals surface area contributed by atoms with Crippen LogP contribution >= 0.6 is 0 Å². The number of nitrogens with zero attached hydrogens (tertiary/aromatic N) is 3. The summed E-state index contributed by atoms with van der Waals surface area (Å²) in [6.07, 6.45) is 2.97. The van der Waals surface area contributed by atoms with E-state index >= 15 is 0 Å². The van der Waals surface area contributed by atoms with E-state index < -0.39 is 6.09 Å². The lowest BCUT2D eigenvalue weighted by Gasteiger charge is -2.11. The lowest BCUT2D eigenvalue weighted by molar-refractivity contribution is -0.115. The van der Waals surface area contributed by atoms with Crippen LogP contribution in [-0.4, -0.2) is 33.7 Å². The van der Waals surface area contributed by atoms with Gasteiger partial charge in [0.05, 0.1) is 6.42 Å². The minimum atomic E-state index is -0.670. The normalized spacial score (nSPS) is 10.4. The number of benzene rings is 2. The number of alkyl carbamates (subject to hydrolysis) is 1. The first-order valence-corrected chi connectivity index (χ1v) is 10.2. The van der Waals surface area contributed by atoms with Crippen LogP contribution in [0, 0.1) is 0 Å². The van der Waals surface area contributed by atoms with E-state index in [0.717, 1.165) is 16.7 Å². The standard InChI is InChI=1S/C24H21N5O4/c30-21(15-26-24(31)32-16-17-6-2-1-3-7-17)27-20-9-5-4-8-19(20)14-22-28-23(29-33-22)18-10-12-25-13-11-18/h1-13H,14-16H2,(H,26,31)(H,27,30). The van der Waals surface area contributed by atoms with Gasteiger partial charge in [-0.2, -0.15) is 4.98 Å². The van der Waals surface area contributed by atoms with Crippen molar-refractivity contribution in [1.29, 1.82) is 0 Å². The van der Waals surface area contributed by atoms with Gasteiger partial charge in [0.2, 0.25) is 17.6 Å². The molecule has 9 heteroatoms. The van der Waals surface area contributed by atoms with E-state index in [4.69, 9.17) is 9.26 Å². The number of carbonyl (C=O) groups excluding carboxylic acids is 2. The van der Waals surface area contributed by atoms with Crippen LogP contribution in [0.15, 0.2) is 83.6 Å². The number of hydrogen-bond donors (Lipinski definition) is 2. The zero-order valence-corrected chi connectivity index (χ0v) is 17.6. The molecule has 0 saturated carbocycles. The molecule has 0 fully saturated rings. The summed E-state index contributed by atoms with van der Waals surface area (Å²) >= 11 is 0. The molecule has 2 aromatic carbocycles. The van der Waals surface area contributed by atoms with E-state index in [-0.39, 0.29) is 19.1 Å². The second-order valence-corrected chi connectivity index (χ2v) is 7.04. The van der Waals surface area contributed by atoms with Gasteiger partial charge in [-0.15, -0.1) is 0 Å². The van der Waals surface area contributed by atoms with Crippen molar-refractivity contribution < 1.29 is 18.8 Å². The van der Waals surface area contributed by atoms with Gasteiger partial charge in [-0.1, -0.05) is 53.7 Å². The number of hydrogen-bond acceptors (Lipinski definition) is 7. The summed E-state index contributed by atoms with van der Waals surface area (Å²) in [6.45, 7) is -0.0997. The number of aromatic nitrogens is 3. The predicted molar refractivity (Wildman–Crippen MR) is 120 cm³/mol. The molecule has 2 N–H and O–H groups in total. The lowest BCUT2D eigenvalue weighted by Crippen LogP contribution is -2.33. The molecule has 0 radical (unpaired) electrons. The highest BCUT2D eigenvalue weighted by atomic mass is 16.5. The van der Waals surface area contributed by atoms with Gasteiger partial charge in [0.25, 0.3) is 0 Å². The van der Waals surface area contributed by atoms with Gasteiger partial charge in [-0.3, -0.25) is 9.78 Å². The van der Waals surface area contributed by atoms with Crippen molar-refractivity contribution in [3.8, 4) is 11.4 Å². The molecular formula is C24H21N5O4. The summed E-state index contributed by atoms with van der Waals surface area (Å²) in [6, 6.07) is 20.1. The number of rotatable bonds is 8. The van der Waals surface area contributed by atoms with Crippen LogP contribution in [-0.2, 0) is 22.6 Å². The molecule has 0 aliphatic rings. The maximum atomic E-state index is 12.3. The van der Waals surface area contributed by atoms with Gasteiger partial charge < -0.3 is 19.9 Å². The van der Waals surface area contributed by atoms with Crippen molar-refractivity contribution in [2.75, 3.05) is 11.9 Å². The SMILES string of the molecule is O=C(CNC(=O)OCc1ccccc1)Nc1ccccc1Cc1nc(-c2ccncc2)no1. The summed E-state index contributed by atoms with van der Waals surface area (Å²) in [4.78, 5) is 32.6. The minimum Gasteiger partial charge on any atom is -0.445 e. The van der Waals surface area contributed by atoms with Gasteiger partial charge in [0.1, 0.15) is 13.2 Å². The maximum absolute atomic E-state index is 12.3. The van der Waals surface area contributed by atoms with Crippen LogP contribution in [0.3, 0.4) is 0 Å². The number of carbonyl (C=O) groups is 2. The molecule has 0 aliphatic heterocycles. The highest BCUT2D eigenvalue weighted by Gasteiger charge is 2.13. The Morgan fingerprint density at radius 1 is 0.939 bits per heavy atom. The predicted octanol–water partition coefficient (Wildman–Crippen LogP) is 3.59. The highest BCUT2D eigenvalue weighted by molar-refractivity contribution is 5.94. The molecule has 9 nitrogen and oxygen atoms in total. The third-order valence-electron chi connectivity index (χ3n) is 4.65. The summed E-state index contributed by atoms with van der Waals surface area (Å²) in [5.74, 6) is 0.486. The first kappa shape index (κ1) is 21.7. The average molecular weight is 443 g/mol. The molecule has 0 bridgehead atoms. The molecule has 2 aromatic heterocycles. The quantitative estimate of drug-likeness (QED) is 0.427. The molecule has 2 heterocycles. The van der Waals surface area contributed by atoms with Crippen molar-refractivity contribution in [2.24, 2.45) is 0 Å². The third kappa shape index (κ3) is 6.23. The van der Waals surface area contributed by atoms with E-state index in [1.165, 1.54) is 0 Å². The first-order chi connectivity index (χ1) is 16.2. The Balaban J connectivity index is 1.30. The number of nitrogens with one attached hydrogen (secondary N) is 2. The average Bonchev–Trinajstić information content (AvgIpc) is 3.32. The molecule has 0 saturated heterocycles. The summed E-state index contributed by atoms with van der Waals surface area (Å²) in [5, 5.41) is 9.23. The third-order valence-corrected chi connectivity index (χ3v) is 4.65. The Morgan fingerprint density at radius 3 is 2.52 bits per heavy atom. The second-order valence-electron chi connectivity index (χ2n) is 7.04. The van der Waals surface area contributed by atoms with Crippen molar-refractivity contribution >= 4 is 17.7 Å². The zero-order chi connectivity index (χ0) is 22.9. The van der Waals surface area contributed by atoms with E-state index in [9.17, 15) is 9.59 Å². The Bertz CT molecular complexity index is 1210. The first-order valence-electron chi connectivity index (χ1n) is 10.2. The van der Waals surface area contributed by atoms with Crippen LogP contribution < -0.4 is 10.6 Å². The minimum absolute atomic E-state index is 0.128. The number of para-hydroxylation sites is 1. The van der Waals surface area contributed by atoms with E-state index in [2.05, 4.69) is 25.8 Å². The molecule has 0 atom stereocenters. The Morgan fingerprint density at radius 2 is 1.70 bits per heavy atom. The van der Waals surface area contributed by atoms with Crippen molar-refractivity contribution in [2.45, 2.75) is 13.0 Å². The molecule has 4 aromatic rings. The number of anilines is 1.